The van der Waals surface area contributed by atoms with Crippen molar-refractivity contribution >= 4 is 11.9 Å². The van der Waals surface area contributed by atoms with Crippen molar-refractivity contribution < 1.29 is 36.9 Å². The minimum atomic E-state index is -0.927. The van der Waals surface area contributed by atoms with Gasteiger partial charge in [-0.05, 0) is 37.5 Å². The molecule has 0 aromatic carbocycles. The minimum Gasteiger partial charge on any atom is -0.550 e. The molecule has 5 heteroatoms. The molecule has 0 atom stereocenters. The number of carboxylic acids is 2. The molecule has 0 saturated carbocycles. The molecule has 0 bridgehead atoms. The third kappa shape index (κ3) is 32.7. The quantitative estimate of drug-likeness (QED) is 0.449. The van der Waals surface area contributed by atoms with E-state index in [9.17, 15) is 19.8 Å². The second-order valence-corrected chi connectivity index (χ2v) is 6.02. The Balaban J connectivity index is -0.000000295. The van der Waals surface area contributed by atoms with Crippen LogP contribution < -0.4 is 10.2 Å². The van der Waals surface area contributed by atoms with E-state index in [4.69, 9.17) is 0 Å². The average molecular weight is 342 g/mol. The summed E-state index contributed by atoms with van der Waals surface area (Å²) in [5.74, 6) is -0.490. The second kappa shape index (κ2) is 17.5. The number of unbranched alkanes of at least 4 members (excludes halogenated alkanes) is 2. The Hall–Kier alpha value is -0.541. The topological polar surface area (TPSA) is 80.3 Å². The van der Waals surface area contributed by atoms with Crippen molar-refractivity contribution in [2.75, 3.05) is 0 Å². The first-order valence-corrected chi connectivity index (χ1v) is 7.65. The maximum Gasteiger partial charge on any atom is 2.00 e. The Bertz CT molecular complexity index is 227. The molecule has 0 heterocycles. The number of hydrogen-bond donors (Lipinski definition) is 0. The molecule has 0 spiro atoms. The number of hydrogen-bond acceptors (Lipinski definition) is 4. The predicted molar refractivity (Wildman–Crippen MR) is 76.6 cm³/mol. The van der Waals surface area contributed by atoms with E-state index in [0.717, 1.165) is 38.5 Å². The maximum absolute atomic E-state index is 9.93. The molecule has 0 aliphatic carbocycles. The Morgan fingerprint density at radius 3 is 1.19 bits per heavy atom. The van der Waals surface area contributed by atoms with Crippen molar-refractivity contribution in [2.45, 2.75) is 79.1 Å². The first-order chi connectivity index (χ1) is 9.25. The number of carbonyl (C=O) groups is 2. The van der Waals surface area contributed by atoms with E-state index in [0.29, 0.717) is 11.8 Å². The number of carboxylic acid groups (broad SMARTS) is 2. The molecule has 0 fully saturated rings. The van der Waals surface area contributed by atoms with Gasteiger partial charge in [-0.3, -0.25) is 0 Å². The van der Waals surface area contributed by atoms with Gasteiger partial charge in [0.2, 0.25) is 0 Å². The molecule has 0 aromatic heterocycles. The van der Waals surface area contributed by atoms with Crippen LogP contribution in [0.15, 0.2) is 0 Å². The van der Waals surface area contributed by atoms with Crippen LogP contribution in [0.4, 0.5) is 0 Å². The predicted octanol–water partition coefficient (Wildman–Crippen LogP) is 1.90. The summed E-state index contributed by atoms with van der Waals surface area (Å²) in [6.07, 6.45) is 6.21. The zero-order valence-corrected chi connectivity index (χ0v) is 14.9. The number of carbonyl (C=O) groups excluding carboxylic acids is 2. The molecule has 0 aliphatic rings. The van der Waals surface area contributed by atoms with Crippen molar-refractivity contribution in [3.8, 4) is 0 Å². The smallest absolute Gasteiger partial charge is 0.550 e. The van der Waals surface area contributed by atoms with E-state index >= 15 is 0 Å². The Kier molecular flexibility index (Phi) is 21.2. The Morgan fingerprint density at radius 2 is 1.00 bits per heavy atom. The van der Waals surface area contributed by atoms with Crippen LogP contribution in [0.3, 0.4) is 0 Å². The van der Waals surface area contributed by atoms with Gasteiger partial charge in [-0.25, -0.2) is 0 Å². The van der Waals surface area contributed by atoms with Gasteiger partial charge in [0.05, 0.1) is 0 Å². The van der Waals surface area contributed by atoms with Crippen LogP contribution in [0.1, 0.15) is 79.1 Å². The maximum atomic E-state index is 9.93. The summed E-state index contributed by atoms with van der Waals surface area (Å²) in [5.41, 5.74) is 0. The van der Waals surface area contributed by atoms with Gasteiger partial charge in [-0.15, -0.1) is 0 Å². The largest absolute Gasteiger partial charge is 2.00 e. The van der Waals surface area contributed by atoms with Gasteiger partial charge in [0.1, 0.15) is 0 Å². The van der Waals surface area contributed by atoms with Crippen LogP contribution >= 0.6 is 0 Å². The first-order valence-electron chi connectivity index (χ1n) is 7.65. The van der Waals surface area contributed by atoms with Crippen LogP contribution in [0.2, 0.25) is 0 Å². The van der Waals surface area contributed by atoms with E-state index in [1.807, 2.05) is 0 Å². The summed E-state index contributed by atoms with van der Waals surface area (Å²) in [4.78, 5) is 19.9. The molecule has 0 amide bonds. The van der Waals surface area contributed by atoms with Crippen LogP contribution in [-0.4, -0.2) is 11.9 Å². The summed E-state index contributed by atoms with van der Waals surface area (Å²) in [5, 5.41) is 19.9. The Morgan fingerprint density at radius 1 is 0.714 bits per heavy atom. The van der Waals surface area contributed by atoms with Crippen molar-refractivity contribution in [3.05, 3.63) is 0 Å². The molecule has 0 rings (SSSR count). The molecule has 0 aliphatic heterocycles. The van der Waals surface area contributed by atoms with Gasteiger partial charge in [0.15, 0.2) is 0 Å². The SMILES string of the molecule is CC(C)CCCCC(=O)[O-].CC(C)CCCCC(=O)[O-].[Fe+2]. The van der Waals surface area contributed by atoms with E-state index in [1.54, 1.807) is 0 Å². The third-order valence-corrected chi connectivity index (χ3v) is 2.82. The van der Waals surface area contributed by atoms with Crippen LogP contribution in [-0.2, 0) is 26.7 Å². The normalized spacial score (nSPS) is 9.81. The molecule has 0 saturated heterocycles. The third-order valence-electron chi connectivity index (χ3n) is 2.82. The molecule has 0 radical (unpaired) electrons. The fourth-order valence-electron chi connectivity index (χ4n) is 1.64. The van der Waals surface area contributed by atoms with E-state index in [1.165, 1.54) is 0 Å². The van der Waals surface area contributed by atoms with Crippen LogP contribution in [0.25, 0.3) is 0 Å². The van der Waals surface area contributed by atoms with Gasteiger partial charge in [0, 0.05) is 11.9 Å². The second-order valence-electron chi connectivity index (χ2n) is 6.02. The molecule has 0 N–H and O–H groups in total. The molecular formula is C16H30FeO4. The average Bonchev–Trinajstić information content (AvgIpc) is 2.30. The summed E-state index contributed by atoms with van der Waals surface area (Å²) in [6, 6.07) is 0. The molecule has 0 aromatic rings. The number of rotatable bonds is 10. The fraction of sp³-hybridized carbons (Fsp3) is 0.875. The molecule has 126 valence electrons. The van der Waals surface area contributed by atoms with Gasteiger partial charge in [-0.2, -0.15) is 0 Å². The molecular weight excluding hydrogens is 312 g/mol. The zero-order chi connectivity index (χ0) is 16.0. The number of aliphatic carboxylic acids is 2. The monoisotopic (exact) mass is 342 g/mol. The van der Waals surface area contributed by atoms with Gasteiger partial charge in [0.25, 0.3) is 0 Å². The minimum absolute atomic E-state index is 0. The van der Waals surface area contributed by atoms with Gasteiger partial charge >= 0.3 is 17.1 Å². The van der Waals surface area contributed by atoms with E-state index in [-0.39, 0.29) is 29.9 Å². The summed E-state index contributed by atoms with van der Waals surface area (Å²) in [6.45, 7) is 8.55. The van der Waals surface area contributed by atoms with Crippen LogP contribution in [0.5, 0.6) is 0 Å². The summed E-state index contributed by atoms with van der Waals surface area (Å²) < 4.78 is 0. The fourth-order valence-corrected chi connectivity index (χ4v) is 1.64. The van der Waals surface area contributed by atoms with Gasteiger partial charge in [-0.1, -0.05) is 53.4 Å². The summed E-state index contributed by atoms with van der Waals surface area (Å²) >= 11 is 0. The molecule has 4 nitrogen and oxygen atoms in total. The van der Waals surface area contributed by atoms with E-state index < -0.39 is 11.9 Å². The zero-order valence-electron chi connectivity index (χ0n) is 13.8. The van der Waals surface area contributed by atoms with Crippen molar-refractivity contribution in [1.82, 2.24) is 0 Å². The summed E-state index contributed by atoms with van der Waals surface area (Å²) in [7, 11) is 0. The molecule has 21 heavy (non-hydrogen) atoms. The van der Waals surface area contributed by atoms with Gasteiger partial charge < -0.3 is 19.8 Å². The first kappa shape index (κ1) is 25.4. The van der Waals surface area contributed by atoms with Crippen molar-refractivity contribution in [1.29, 1.82) is 0 Å². The van der Waals surface area contributed by atoms with Crippen LogP contribution in [0, 0.1) is 11.8 Å². The molecule has 0 unspecified atom stereocenters. The Labute approximate surface area is 140 Å². The van der Waals surface area contributed by atoms with E-state index in [2.05, 4.69) is 27.7 Å². The van der Waals surface area contributed by atoms with Crippen molar-refractivity contribution in [3.63, 3.8) is 0 Å². The standard InChI is InChI=1S/2C8H16O2.Fe/c2*1-7(2)5-3-4-6-8(9)10;/h2*7H,3-6H2,1-2H3,(H,9,10);/q;;+2/p-2. The van der Waals surface area contributed by atoms with Crippen molar-refractivity contribution in [2.24, 2.45) is 11.8 Å².